The second kappa shape index (κ2) is 4.39. The fourth-order valence-corrected chi connectivity index (χ4v) is 1.37. The summed E-state index contributed by atoms with van der Waals surface area (Å²) in [7, 11) is -1.97. The third-order valence-electron chi connectivity index (χ3n) is 2.52. The Labute approximate surface area is 91.8 Å². The summed E-state index contributed by atoms with van der Waals surface area (Å²) in [6, 6.07) is 1.94. The van der Waals surface area contributed by atoms with Crippen molar-refractivity contribution in [3.63, 3.8) is 0 Å². The average Bonchev–Trinajstić information content (AvgIpc) is 3.00. The maximum absolute atomic E-state index is 13.6. The molecule has 0 aliphatic heterocycles. The van der Waals surface area contributed by atoms with Crippen molar-refractivity contribution in [2.75, 3.05) is 6.61 Å². The van der Waals surface area contributed by atoms with Crippen LogP contribution in [-0.4, -0.2) is 23.8 Å². The smallest absolute Gasteiger partial charge is 0.487 e. The summed E-state index contributed by atoms with van der Waals surface area (Å²) in [4.78, 5) is 0. The van der Waals surface area contributed by atoms with E-state index in [2.05, 4.69) is 0 Å². The Bertz CT molecular complexity index is 394. The molecule has 2 N–H and O–H groups in total. The third-order valence-corrected chi connectivity index (χ3v) is 2.52. The fraction of sp³-hybridized carbons (Fsp3) is 0.400. The molecule has 0 saturated heterocycles. The number of halogens is 2. The highest BCUT2D eigenvalue weighted by Gasteiger charge is 2.26. The van der Waals surface area contributed by atoms with Gasteiger partial charge >= 0.3 is 7.12 Å². The number of benzene rings is 1. The van der Waals surface area contributed by atoms with Gasteiger partial charge in [-0.25, -0.2) is 8.78 Å². The first-order valence-corrected chi connectivity index (χ1v) is 5.06. The van der Waals surface area contributed by atoms with Crippen molar-refractivity contribution in [2.45, 2.75) is 12.8 Å². The van der Waals surface area contributed by atoms with Crippen LogP contribution in [0.5, 0.6) is 5.75 Å². The van der Waals surface area contributed by atoms with E-state index in [1.807, 2.05) is 0 Å². The van der Waals surface area contributed by atoms with Crippen LogP contribution in [0, 0.1) is 17.6 Å². The predicted octanol–water partition coefficient (Wildman–Crippen LogP) is 0.433. The van der Waals surface area contributed by atoms with E-state index < -0.39 is 24.5 Å². The molecule has 1 aromatic carbocycles. The molecule has 1 fully saturated rings. The predicted molar refractivity (Wildman–Crippen MR) is 54.4 cm³/mol. The van der Waals surface area contributed by atoms with Crippen LogP contribution in [-0.2, 0) is 0 Å². The standard InChI is InChI=1S/C10H11BF2O3/c12-8-4-3-7(11(14)15)9(13)10(8)16-5-6-1-2-6/h3-4,6,14-15H,1-2,5H2. The molecule has 6 heteroatoms. The molecule has 0 amide bonds. The molecule has 0 aromatic heterocycles. The molecule has 16 heavy (non-hydrogen) atoms. The van der Waals surface area contributed by atoms with Gasteiger partial charge in [-0.05, 0) is 24.8 Å². The van der Waals surface area contributed by atoms with Gasteiger partial charge in [-0.2, -0.15) is 0 Å². The zero-order valence-electron chi connectivity index (χ0n) is 8.49. The Morgan fingerprint density at radius 2 is 2.00 bits per heavy atom. The lowest BCUT2D eigenvalue weighted by Crippen LogP contribution is -2.33. The maximum Gasteiger partial charge on any atom is 0.491 e. The fourth-order valence-electron chi connectivity index (χ4n) is 1.37. The minimum atomic E-state index is -1.97. The highest BCUT2D eigenvalue weighted by atomic mass is 19.1. The zero-order valence-corrected chi connectivity index (χ0v) is 8.49. The van der Waals surface area contributed by atoms with Gasteiger partial charge in [0.15, 0.2) is 17.4 Å². The summed E-state index contributed by atoms with van der Waals surface area (Å²) in [5.74, 6) is -2.04. The second-order valence-electron chi connectivity index (χ2n) is 3.91. The van der Waals surface area contributed by atoms with E-state index >= 15 is 0 Å². The first-order chi connectivity index (χ1) is 7.59. The van der Waals surface area contributed by atoms with Gasteiger partial charge in [0.25, 0.3) is 0 Å². The largest absolute Gasteiger partial charge is 0.491 e. The van der Waals surface area contributed by atoms with Crippen LogP contribution in [0.25, 0.3) is 0 Å². The van der Waals surface area contributed by atoms with Crippen LogP contribution in [0.2, 0.25) is 0 Å². The van der Waals surface area contributed by atoms with Gasteiger partial charge in [0.05, 0.1) is 6.61 Å². The van der Waals surface area contributed by atoms with Gasteiger partial charge in [0, 0.05) is 5.46 Å². The van der Waals surface area contributed by atoms with Crippen LogP contribution in [0.3, 0.4) is 0 Å². The van der Waals surface area contributed by atoms with Crippen LogP contribution in [0.15, 0.2) is 12.1 Å². The molecule has 1 saturated carbocycles. The number of rotatable bonds is 4. The normalized spacial score (nSPS) is 15.0. The van der Waals surface area contributed by atoms with E-state index in [-0.39, 0.29) is 12.1 Å². The lowest BCUT2D eigenvalue weighted by atomic mass is 9.80. The summed E-state index contributed by atoms with van der Waals surface area (Å²) in [6.07, 6.45) is 2.01. The minimum absolute atomic E-state index is 0.263. The van der Waals surface area contributed by atoms with Crippen LogP contribution < -0.4 is 10.2 Å². The topological polar surface area (TPSA) is 49.7 Å². The minimum Gasteiger partial charge on any atom is -0.487 e. The second-order valence-corrected chi connectivity index (χ2v) is 3.91. The molecule has 0 heterocycles. The lowest BCUT2D eigenvalue weighted by Gasteiger charge is -2.10. The van der Waals surface area contributed by atoms with Crippen LogP contribution in [0.4, 0.5) is 8.78 Å². The SMILES string of the molecule is OB(O)c1ccc(F)c(OCC2CC2)c1F. The summed E-state index contributed by atoms with van der Waals surface area (Å²) in [5.41, 5.74) is -0.382. The van der Waals surface area contributed by atoms with Crippen molar-refractivity contribution in [1.82, 2.24) is 0 Å². The zero-order chi connectivity index (χ0) is 11.7. The molecule has 2 rings (SSSR count). The summed E-state index contributed by atoms with van der Waals surface area (Å²) >= 11 is 0. The van der Waals surface area contributed by atoms with Gasteiger partial charge in [0.1, 0.15) is 0 Å². The maximum atomic E-state index is 13.6. The van der Waals surface area contributed by atoms with Gasteiger partial charge in [-0.15, -0.1) is 0 Å². The van der Waals surface area contributed by atoms with Crippen molar-refractivity contribution in [3.8, 4) is 5.75 Å². The van der Waals surface area contributed by atoms with E-state index in [1.165, 1.54) is 0 Å². The third kappa shape index (κ3) is 2.33. The first kappa shape index (κ1) is 11.4. The van der Waals surface area contributed by atoms with Crippen LogP contribution in [0.1, 0.15) is 12.8 Å². The monoisotopic (exact) mass is 228 g/mol. The summed E-state index contributed by atoms with van der Waals surface area (Å²) < 4.78 is 31.8. The van der Waals surface area contributed by atoms with Gasteiger partial charge in [-0.3, -0.25) is 0 Å². The number of ether oxygens (including phenoxy) is 1. The van der Waals surface area contributed by atoms with Crippen molar-refractivity contribution in [2.24, 2.45) is 5.92 Å². The average molecular weight is 228 g/mol. The van der Waals surface area contributed by atoms with E-state index in [0.29, 0.717) is 5.92 Å². The molecule has 0 bridgehead atoms. The summed E-state index contributed by atoms with van der Waals surface area (Å²) in [6.45, 7) is 0.263. The Morgan fingerprint density at radius 3 is 2.56 bits per heavy atom. The van der Waals surface area contributed by atoms with E-state index in [0.717, 1.165) is 25.0 Å². The Kier molecular flexibility index (Phi) is 3.11. The van der Waals surface area contributed by atoms with Gasteiger partial charge in [-0.1, -0.05) is 6.07 Å². The molecule has 86 valence electrons. The lowest BCUT2D eigenvalue weighted by molar-refractivity contribution is 0.271. The van der Waals surface area contributed by atoms with Crippen molar-refractivity contribution < 1.29 is 23.6 Å². The van der Waals surface area contributed by atoms with E-state index in [4.69, 9.17) is 14.8 Å². The number of hydrogen-bond acceptors (Lipinski definition) is 3. The molecule has 0 radical (unpaired) electrons. The highest BCUT2D eigenvalue weighted by molar-refractivity contribution is 6.58. The van der Waals surface area contributed by atoms with E-state index in [9.17, 15) is 8.78 Å². The molecule has 1 aliphatic rings. The molecule has 0 spiro atoms. The van der Waals surface area contributed by atoms with Crippen molar-refractivity contribution in [3.05, 3.63) is 23.8 Å². The van der Waals surface area contributed by atoms with E-state index in [1.54, 1.807) is 0 Å². The Balaban J connectivity index is 2.22. The van der Waals surface area contributed by atoms with Crippen molar-refractivity contribution in [1.29, 1.82) is 0 Å². The molecular weight excluding hydrogens is 217 g/mol. The molecule has 1 aromatic rings. The summed E-state index contributed by atoms with van der Waals surface area (Å²) in [5, 5.41) is 17.7. The highest BCUT2D eigenvalue weighted by Crippen LogP contribution is 2.30. The quantitative estimate of drug-likeness (QED) is 0.735. The van der Waals surface area contributed by atoms with Gasteiger partial charge < -0.3 is 14.8 Å². The molecule has 1 aliphatic carbocycles. The Morgan fingerprint density at radius 1 is 1.31 bits per heavy atom. The molecule has 0 atom stereocenters. The van der Waals surface area contributed by atoms with Crippen molar-refractivity contribution >= 4 is 12.6 Å². The van der Waals surface area contributed by atoms with Gasteiger partial charge in [0.2, 0.25) is 0 Å². The first-order valence-electron chi connectivity index (χ1n) is 5.06. The Hall–Kier alpha value is -1.14. The molecular formula is C10H11BF2O3. The molecule has 3 nitrogen and oxygen atoms in total. The number of hydrogen-bond donors (Lipinski definition) is 2. The molecule has 0 unspecified atom stereocenters. The van der Waals surface area contributed by atoms with Crippen LogP contribution >= 0.6 is 0 Å².